The summed E-state index contributed by atoms with van der Waals surface area (Å²) in [6.07, 6.45) is -0.317. The van der Waals surface area contributed by atoms with Gasteiger partial charge in [-0.25, -0.2) is 13.5 Å². The van der Waals surface area contributed by atoms with E-state index in [1.165, 1.54) is 4.68 Å². The lowest BCUT2D eigenvalue weighted by molar-refractivity contribution is -0.135. The van der Waals surface area contributed by atoms with E-state index in [1.54, 1.807) is 0 Å². The van der Waals surface area contributed by atoms with Crippen LogP contribution in [0.4, 0.5) is 14.6 Å². The zero-order chi connectivity index (χ0) is 17.4. The van der Waals surface area contributed by atoms with Gasteiger partial charge in [0.25, 0.3) is 6.43 Å². The van der Waals surface area contributed by atoms with Crippen molar-refractivity contribution < 1.29 is 13.6 Å². The van der Waals surface area contributed by atoms with Crippen molar-refractivity contribution in [3.8, 4) is 0 Å². The van der Waals surface area contributed by atoms with Gasteiger partial charge in [-0.2, -0.15) is 5.10 Å². The summed E-state index contributed by atoms with van der Waals surface area (Å²) in [4.78, 5) is 14.0. The Kier molecular flexibility index (Phi) is 4.78. The second-order valence-corrected chi connectivity index (χ2v) is 7.32. The molecule has 134 valence electrons. The third kappa shape index (κ3) is 3.26. The number of piperidine rings is 1. The lowest BCUT2D eigenvalue weighted by Crippen LogP contribution is -2.46. The highest BCUT2D eigenvalue weighted by atomic mass is 19.3. The van der Waals surface area contributed by atoms with Crippen LogP contribution < -0.4 is 5.32 Å². The Morgan fingerprint density at radius 3 is 2.58 bits per heavy atom. The summed E-state index contributed by atoms with van der Waals surface area (Å²) in [6, 6.07) is 0.984. The number of fused-ring (bicyclic) bond motifs is 1. The van der Waals surface area contributed by atoms with Crippen LogP contribution >= 0.6 is 0 Å². The molecule has 3 rings (SSSR count). The molecule has 2 aliphatic rings. The first-order chi connectivity index (χ1) is 11.4. The SMILES string of the molecule is Cc1cc2n(n1)[C@@H](C(F)F)C[C@@H](C1CCN(C(=O)C(C)C)CC1)N2. The van der Waals surface area contributed by atoms with Crippen molar-refractivity contribution in [2.75, 3.05) is 18.4 Å². The predicted octanol–water partition coefficient (Wildman–Crippen LogP) is 3.08. The van der Waals surface area contributed by atoms with Crippen LogP contribution in [0.3, 0.4) is 0 Å². The molecule has 7 heteroatoms. The molecule has 0 aromatic carbocycles. The number of carbonyl (C=O) groups excluding carboxylic acids is 1. The maximum Gasteiger partial charge on any atom is 0.260 e. The number of aryl methyl sites for hydroxylation is 1. The first-order valence-electron chi connectivity index (χ1n) is 8.76. The number of aromatic nitrogens is 2. The monoisotopic (exact) mass is 340 g/mol. The van der Waals surface area contributed by atoms with Crippen LogP contribution in [0.15, 0.2) is 6.07 Å². The minimum Gasteiger partial charge on any atom is -0.367 e. The summed E-state index contributed by atoms with van der Waals surface area (Å²) in [5, 5.41) is 7.61. The van der Waals surface area contributed by atoms with E-state index in [1.807, 2.05) is 31.7 Å². The Hall–Kier alpha value is -1.66. The van der Waals surface area contributed by atoms with Crippen molar-refractivity contribution in [3.05, 3.63) is 11.8 Å². The number of hydrogen-bond acceptors (Lipinski definition) is 3. The van der Waals surface area contributed by atoms with Gasteiger partial charge in [0.05, 0.1) is 5.69 Å². The number of likely N-dealkylation sites (tertiary alicyclic amines) is 1. The minimum absolute atomic E-state index is 0.00916. The summed E-state index contributed by atoms with van der Waals surface area (Å²) >= 11 is 0. The zero-order valence-corrected chi connectivity index (χ0v) is 14.5. The molecule has 0 unspecified atom stereocenters. The van der Waals surface area contributed by atoms with Gasteiger partial charge in [-0.3, -0.25) is 4.79 Å². The molecule has 0 radical (unpaired) electrons. The maximum absolute atomic E-state index is 13.5. The number of carbonyl (C=O) groups is 1. The molecular formula is C17H26F2N4O. The van der Waals surface area contributed by atoms with Crippen LogP contribution in [-0.2, 0) is 4.79 Å². The molecule has 2 atom stereocenters. The lowest BCUT2D eigenvalue weighted by Gasteiger charge is -2.40. The predicted molar refractivity (Wildman–Crippen MR) is 88.2 cm³/mol. The summed E-state index contributed by atoms with van der Waals surface area (Å²) in [5.74, 6) is 1.19. The average Bonchev–Trinajstić information content (AvgIpc) is 2.93. The van der Waals surface area contributed by atoms with Crippen molar-refractivity contribution in [2.45, 2.75) is 58.5 Å². The number of anilines is 1. The number of nitrogens with zero attached hydrogens (tertiary/aromatic N) is 3. The summed E-state index contributed by atoms with van der Waals surface area (Å²) < 4.78 is 28.4. The number of nitrogens with one attached hydrogen (secondary N) is 1. The quantitative estimate of drug-likeness (QED) is 0.920. The summed E-state index contributed by atoms with van der Waals surface area (Å²) in [5.41, 5.74) is 0.751. The van der Waals surface area contributed by atoms with Gasteiger partial charge in [-0.15, -0.1) is 0 Å². The van der Waals surface area contributed by atoms with E-state index in [0.717, 1.165) is 31.6 Å². The molecule has 1 saturated heterocycles. The standard InChI is InChI=1S/C17H26F2N4O/c1-10(2)17(24)22-6-4-12(5-7-22)13-9-14(16(18)19)23-15(20-13)8-11(3)21-23/h8,10,12-14,16,20H,4-7,9H2,1-3H3/t13-,14+/m0/s1. The second-order valence-electron chi connectivity index (χ2n) is 7.32. The fourth-order valence-corrected chi connectivity index (χ4v) is 3.89. The highest BCUT2D eigenvalue weighted by Gasteiger charge is 2.38. The van der Waals surface area contributed by atoms with Crippen LogP contribution in [0.1, 0.15) is 44.8 Å². The Balaban J connectivity index is 1.68. The fourth-order valence-electron chi connectivity index (χ4n) is 3.89. The van der Waals surface area contributed by atoms with Gasteiger partial charge in [0.1, 0.15) is 11.9 Å². The largest absolute Gasteiger partial charge is 0.367 e. The number of alkyl halides is 2. The first kappa shape index (κ1) is 17.2. The molecule has 0 saturated carbocycles. The number of halogens is 2. The lowest BCUT2D eigenvalue weighted by atomic mass is 9.84. The third-order valence-corrected chi connectivity index (χ3v) is 5.21. The van der Waals surface area contributed by atoms with Crippen molar-refractivity contribution in [1.82, 2.24) is 14.7 Å². The van der Waals surface area contributed by atoms with Crippen molar-refractivity contribution in [3.63, 3.8) is 0 Å². The summed E-state index contributed by atoms with van der Waals surface area (Å²) in [6.45, 7) is 7.08. The molecule has 1 amide bonds. The Morgan fingerprint density at radius 2 is 2.00 bits per heavy atom. The van der Waals surface area contributed by atoms with E-state index in [2.05, 4.69) is 10.4 Å². The molecule has 1 aromatic heterocycles. The molecular weight excluding hydrogens is 314 g/mol. The molecule has 1 aromatic rings. The van der Waals surface area contributed by atoms with E-state index >= 15 is 0 Å². The maximum atomic E-state index is 13.5. The Bertz CT molecular complexity index is 593. The Labute approximate surface area is 141 Å². The van der Waals surface area contributed by atoms with Crippen molar-refractivity contribution in [2.24, 2.45) is 11.8 Å². The van der Waals surface area contributed by atoms with Crippen molar-refractivity contribution in [1.29, 1.82) is 0 Å². The molecule has 5 nitrogen and oxygen atoms in total. The van der Waals surface area contributed by atoms with E-state index in [-0.39, 0.29) is 17.9 Å². The van der Waals surface area contributed by atoms with Gasteiger partial charge in [-0.05, 0) is 32.1 Å². The van der Waals surface area contributed by atoms with Crippen LogP contribution in [-0.4, -0.2) is 46.1 Å². The van der Waals surface area contributed by atoms with Gasteiger partial charge in [0.2, 0.25) is 5.91 Å². The van der Waals surface area contributed by atoms with Gasteiger partial charge < -0.3 is 10.2 Å². The topological polar surface area (TPSA) is 50.2 Å². The molecule has 1 fully saturated rings. The smallest absolute Gasteiger partial charge is 0.260 e. The highest BCUT2D eigenvalue weighted by molar-refractivity contribution is 5.78. The van der Waals surface area contributed by atoms with Gasteiger partial charge in [-0.1, -0.05) is 13.8 Å². The molecule has 0 bridgehead atoms. The first-order valence-corrected chi connectivity index (χ1v) is 8.76. The highest BCUT2D eigenvalue weighted by Crippen LogP contribution is 2.36. The summed E-state index contributed by atoms with van der Waals surface area (Å²) in [7, 11) is 0. The van der Waals surface area contributed by atoms with Gasteiger partial charge in [0.15, 0.2) is 0 Å². The second kappa shape index (κ2) is 6.69. The number of amides is 1. The van der Waals surface area contributed by atoms with E-state index in [4.69, 9.17) is 0 Å². The van der Waals surface area contributed by atoms with Crippen LogP contribution in [0.25, 0.3) is 0 Å². The van der Waals surface area contributed by atoms with E-state index < -0.39 is 12.5 Å². The van der Waals surface area contributed by atoms with E-state index in [9.17, 15) is 13.6 Å². The van der Waals surface area contributed by atoms with E-state index in [0.29, 0.717) is 18.2 Å². The third-order valence-electron chi connectivity index (χ3n) is 5.21. The molecule has 0 aliphatic carbocycles. The van der Waals surface area contributed by atoms with Crippen LogP contribution in [0.5, 0.6) is 0 Å². The molecule has 0 spiro atoms. The Morgan fingerprint density at radius 1 is 1.33 bits per heavy atom. The van der Waals surface area contributed by atoms with Crippen LogP contribution in [0, 0.1) is 18.8 Å². The molecule has 2 aliphatic heterocycles. The zero-order valence-electron chi connectivity index (χ0n) is 14.5. The normalized spacial score (nSPS) is 25.0. The van der Waals surface area contributed by atoms with Crippen LogP contribution in [0.2, 0.25) is 0 Å². The molecule has 1 N–H and O–H groups in total. The van der Waals surface area contributed by atoms with Gasteiger partial charge in [0, 0.05) is 31.1 Å². The number of hydrogen-bond donors (Lipinski definition) is 1. The number of rotatable bonds is 3. The average molecular weight is 340 g/mol. The van der Waals surface area contributed by atoms with Gasteiger partial charge >= 0.3 is 0 Å². The molecule has 24 heavy (non-hydrogen) atoms. The van der Waals surface area contributed by atoms with Crippen molar-refractivity contribution >= 4 is 11.7 Å². The minimum atomic E-state index is -2.42. The molecule has 3 heterocycles. The fraction of sp³-hybridized carbons (Fsp3) is 0.765.